The number of nitrogens with zero attached hydrogens (tertiary/aromatic N) is 1. The molecule has 0 spiro atoms. The summed E-state index contributed by atoms with van der Waals surface area (Å²) in [6, 6.07) is 11.7. The molecule has 1 unspecified atom stereocenters. The second-order valence-corrected chi connectivity index (χ2v) is 6.95. The van der Waals surface area contributed by atoms with Crippen molar-refractivity contribution in [3.05, 3.63) is 54.0 Å². The van der Waals surface area contributed by atoms with Gasteiger partial charge in [-0.15, -0.1) is 0 Å². The Morgan fingerprint density at radius 2 is 2.07 bits per heavy atom. The number of hydrogen-bond acceptors (Lipinski definition) is 3. The average molecular weight is 369 g/mol. The van der Waals surface area contributed by atoms with Gasteiger partial charge in [0.05, 0.1) is 6.26 Å². The second-order valence-electron chi connectivity index (χ2n) is 6.95. The van der Waals surface area contributed by atoms with E-state index < -0.39 is 0 Å². The van der Waals surface area contributed by atoms with Crippen LogP contribution < -0.4 is 15.5 Å². The Morgan fingerprint density at radius 3 is 2.89 bits per heavy atom. The van der Waals surface area contributed by atoms with E-state index in [0.717, 1.165) is 37.3 Å². The lowest BCUT2D eigenvalue weighted by Crippen LogP contribution is -2.41. The van der Waals surface area contributed by atoms with E-state index in [2.05, 4.69) is 16.7 Å². The second kappa shape index (κ2) is 9.26. The third-order valence-corrected chi connectivity index (χ3v) is 4.82. The van der Waals surface area contributed by atoms with Crippen LogP contribution in [-0.2, 0) is 17.6 Å². The van der Waals surface area contributed by atoms with Gasteiger partial charge in [0.1, 0.15) is 5.76 Å². The van der Waals surface area contributed by atoms with E-state index in [1.54, 1.807) is 6.26 Å². The van der Waals surface area contributed by atoms with Gasteiger partial charge in [-0.25, -0.2) is 4.79 Å². The molecule has 2 heterocycles. The average Bonchev–Trinajstić information content (AvgIpc) is 3.33. The number of aryl methyl sites for hydroxylation is 1. The molecule has 1 aromatic carbocycles. The summed E-state index contributed by atoms with van der Waals surface area (Å²) in [5.41, 5.74) is 2.26. The van der Waals surface area contributed by atoms with Crippen molar-refractivity contribution in [2.75, 3.05) is 18.0 Å². The van der Waals surface area contributed by atoms with Crippen LogP contribution in [0.25, 0.3) is 0 Å². The molecule has 0 fully saturated rings. The van der Waals surface area contributed by atoms with Crippen LogP contribution in [0.2, 0.25) is 0 Å². The molecule has 1 aliphatic rings. The van der Waals surface area contributed by atoms with Gasteiger partial charge in [-0.05, 0) is 49.9 Å². The Hall–Kier alpha value is -2.76. The van der Waals surface area contributed by atoms with Crippen molar-refractivity contribution in [2.45, 2.75) is 45.1 Å². The van der Waals surface area contributed by atoms with Crippen molar-refractivity contribution in [2.24, 2.45) is 0 Å². The number of amides is 3. The van der Waals surface area contributed by atoms with Gasteiger partial charge < -0.3 is 20.0 Å². The van der Waals surface area contributed by atoms with Crippen LogP contribution in [0.3, 0.4) is 0 Å². The van der Waals surface area contributed by atoms with Crippen molar-refractivity contribution in [1.82, 2.24) is 10.6 Å². The molecule has 3 rings (SSSR count). The topological polar surface area (TPSA) is 74.6 Å². The van der Waals surface area contributed by atoms with Crippen LogP contribution in [0.4, 0.5) is 10.5 Å². The summed E-state index contributed by atoms with van der Waals surface area (Å²) in [5, 5.41) is 5.74. The predicted octanol–water partition coefficient (Wildman–Crippen LogP) is 3.27. The summed E-state index contributed by atoms with van der Waals surface area (Å²) >= 11 is 0. The molecule has 1 aliphatic heterocycles. The summed E-state index contributed by atoms with van der Waals surface area (Å²) in [5.74, 6) is 1.04. The first-order valence-electron chi connectivity index (χ1n) is 9.58. The Labute approximate surface area is 159 Å². The third-order valence-electron chi connectivity index (χ3n) is 4.82. The maximum Gasteiger partial charge on any atom is 0.314 e. The van der Waals surface area contributed by atoms with E-state index in [-0.39, 0.29) is 18.0 Å². The molecular weight excluding hydrogens is 342 g/mol. The lowest BCUT2D eigenvalue weighted by atomic mass is 10.1. The molecule has 0 saturated heterocycles. The summed E-state index contributed by atoms with van der Waals surface area (Å²) < 4.78 is 5.29. The SMILES string of the molecule is CC(CCc1ccco1)NC(=O)NCCCC(=O)N1CCc2ccccc21. The van der Waals surface area contributed by atoms with Gasteiger partial charge in [0, 0.05) is 37.7 Å². The van der Waals surface area contributed by atoms with Gasteiger partial charge >= 0.3 is 6.03 Å². The highest BCUT2D eigenvalue weighted by atomic mass is 16.3. The van der Waals surface area contributed by atoms with Gasteiger partial charge in [-0.2, -0.15) is 0 Å². The number of benzene rings is 1. The molecule has 1 atom stereocenters. The third kappa shape index (κ3) is 5.36. The van der Waals surface area contributed by atoms with Crippen LogP contribution >= 0.6 is 0 Å². The number of rotatable bonds is 8. The minimum absolute atomic E-state index is 0.0535. The number of carbonyl (C=O) groups excluding carboxylic acids is 2. The lowest BCUT2D eigenvalue weighted by Gasteiger charge is -2.17. The molecule has 0 bridgehead atoms. The van der Waals surface area contributed by atoms with Gasteiger partial charge in [-0.1, -0.05) is 18.2 Å². The molecule has 0 saturated carbocycles. The number of hydrogen-bond donors (Lipinski definition) is 2. The number of fused-ring (bicyclic) bond motifs is 1. The van der Waals surface area contributed by atoms with Crippen molar-refractivity contribution in [3.63, 3.8) is 0 Å². The van der Waals surface area contributed by atoms with Crippen LogP contribution in [0.15, 0.2) is 47.1 Å². The molecule has 144 valence electrons. The molecule has 2 N–H and O–H groups in total. The quantitative estimate of drug-likeness (QED) is 0.701. The van der Waals surface area contributed by atoms with Gasteiger partial charge in [-0.3, -0.25) is 4.79 Å². The highest BCUT2D eigenvalue weighted by Gasteiger charge is 2.23. The number of furan rings is 1. The molecule has 0 aliphatic carbocycles. The van der Waals surface area contributed by atoms with E-state index in [1.807, 2.05) is 42.2 Å². The zero-order valence-corrected chi connectivity index (χ0v) is 15.7. The summed E-state index contributed by atoms with van der Waals surface area (Å²) in [4.78, 5) is 26.2. The molecule has 27 heavy (non-hydrogen) atoms. The maximum absolute atomic E-state index is 12.4. The van der Waals surface area contributed by atoms with Crippen LogP contribution in [0, 0.1) is 0 Å². The monoisotopic (exact) mass is 369 g/mol. The number of para-hydroxylation sites is 1. The summed E-state index contributed by atoms with van der Waals surface area (Å²) in [7, 11) is 0. The van der Waals surface area contributed by atoms with Crippen molar-refractivity contribution < 1.29 is 14.0 Å². The van der Waals surface area contributed by atoms with Crippen LogP contribution in [-0.4, -0.2) is 31.1 Å². The smallest absolute Gasteiger partial charge is 0.314 e. The minimum atomic E-state index is -0.194. The molecule has 2 aromatic rings. The Balaban J connectivity index is 1.30. The fraction of sp³-hybridized carbons (Fsp3) is 0.429. The van der Waals surface area contributed by atoms with Crippen molar-refractivity contribution >= 4 is 17.6 Å². The van der Waals surface area contributed by atoms with E-state index in [1.165, 1.54) is 5.56 Å². The molecule has 3 amide bonds. The zero-order chi connectivity index (χ0) is 19.1. The van der Waals surface area contributed by atoms with Gasteiger partial charge in [0.2, 0.25) is 5.91 Å². The molecule has 6 nitrogen and oxygen atoms in total. The summed E-state index contributed by atoms with van der Waals surface area (Å²) in [6.45, 7) is 3.20. The first-order valence-corrected chi connectivity index (χ1v) is 9.58. The largest absolute Gasteiger partial charge is 0.469 e. The number of urea groups is 1. The lowest BCUT2D eigenvalue weighted by molar-refractivity contribution is -0.118. The molecule has 1 aromatic heterocycles. The minimum Gasteiger partial charge on any atom is -0.469 e. The Bertz CT molecular complexity index is 758. The predicted molar refractivity (Wildman–Crippen MR) is 105 cm³/mol. The van der Waals surface area contributed by atoms with Gasteiger partial charge in [0.15, 0.2) is 0 Å². The zero-order valence-electron chi connectivity index (χ0n) is 15.7. The van der Waals surface area contributed by atoms with E-state index in [4.69, 9.17) is 4.42 Å². The van der Waals surface area contributed by atoms with E-state index >= 15 is 0 Å². The van der Waals surface area contributed by atoms with E-state index in [9.17, 15) is 9.59 Å². The highest BCUT2D eigenvalue weighted by molar-refractivity contribution is 5.95. The molecule has 6 heteroatoms. The first kappa shape index (κ1) is 19.0. The van der Waals surface area contributed by atoms with Crippen molar-refractivity contribution in [3.8, 4) is 0 Å². The standard InChI is InChI=1S/C21H27N3O3/c1-16(10-11-18-7-5-15-27-18)23-21(26)22-13-4-9-20(25)24-14-12-17-6-2-3-8-19(17)24/h2-3,5-8,15-16H,4,9-14H2,1H3,(H2,22,23,26). The van der Waals surface area contributed by atoms with Gasteiger partial charge in [0.25, 0.3) is 0 Å². The normalized spacial score (nSPS) is 13.9. The fourth-order valence-corrected chi connectivity index (χ4v) is 3.33. The maximum atomic E-state index is 12.4. The Morgan fingerprint density at radius 1 is 1.22 bits per heavy atom. The fourth-order valence-electron chi connectivity index (χ4n) is 3.33. The summed E-state index contributed by atoms with van der Waals surface area (Å²) in [6.07, 6.45) is 5.24. The molecule has 0 radical (unpaired) electrons. The Kier molecular flexibility index (Phi) is 6.52. The van der Waals surface area contributed by atoms with Crippen LogP contribution in [0.1, 0.15) is 37.5 Å². The number of nitrogens with one attached hydrogen (secondary N) is 2. The van der Waals surface area contributed by atoms with Crippen molar-refractivity contribution in [1.29, 1.82) is 0 Å². The number of carbonyl (C=O) groups is 2. The first-order chi connectivity index (χ1) is 13.1. The van der Waals surface area contributed by atoms with E-state index in [0.29, 0.717) is 19.4 Å². The highest BCUT2D eigenvalue weighted by Crippen LogP contribution is 2.27. The number of anilines is 1. The van der Waals surface area contributed by atoms with Crippen LogP contribution in [0.5, 0.6) is 0 Å². The molecular formula is C21H27N3O3.